The van der Waals surface area contributed by atoms with Crippen LogP contribution in [-0.4, -0.2) is 19.1 Å². The summed E-state index contributed by atoms with van der Waals surface area (Å²) in [6.45, 7) is 0. The van der Waals surface area contributed by atoms with Crippen LogP contribution in [-0.2, 0) is 0 Å². The Kier molecular flexibility index (Phi) is 5.19. The molecule has 9 rings (SSSR count). The van der Waals surface area contributed by atoms with E-state index in [4.69, 9.17) is 9.97 Å². The first-order valence-electron chi connectivity index (χ1n) is 14.6. The lowest BCUT2D eigenvalue weighted by molar-refractivity contribution is 1.00. The average molecular weight is 562 g/mol. The Morgan fingerprint density at radius 3 is 1.84 bits per heavy atom. The molecule has 0 N–H and O–H groups in total. The zero-order valence-corrected chi connectivity index (χ0v) is 23.5. The highest BCUT2D eigenvalue weighted by Crippen LogP contribution is 2.38. The summed E-state index contributed by atoms with van der Waals surface area (Å²) in [5.41, 5.74) is 8.84. The van der Waals surface area contributed by atoms with E-state index < -0.39 is 0 Å². The van der Waals surface area contributed by atoms with Crippen molar-refractivity contribution in [1.82, 2.24) is 19.1 Å². The Labute approximate surface area is 252 Å². The van der Waals surface area contributed by atoms with E-state index in [0.717, 1.165) is 49.5 Å². The van der Waals surface area contributed by atoms with Gasteiger partial charge in [0.25, 0.3) is 0 Å². The number of aromatic nitrogens is 4. The summed E-state index contributed by atoms with van der Waals surface area (Å²) >= 11 is 0. The Balaban J connectivity index is 1.29. The fourth-order valence-corrected chi connectivity index (χ4v) is 6.62. The summed E-state index contributed by atoms with van der Waals surface area (Å²) < 4.78 is 4.42. The lowest BCUT2D eigenvalue weighted by atomic mass is 10.0. The minimum Gasteiger partial charge on any atom is -0.309 e. The molecule has 0 saturated heterocycles. The molecule has 6 aromatic carbocycles. The van der Waals surface area contributed by atoms with Crippen LogP contribution in [0.3, 0.4) is 0 Å². The van der Waals surface area contributed by atoms with Crippen LogP contribution in [0.15, 0.2) is 140 Å². The second kappa shape index (κ2) is 9.38. The number of fused-ring (bicyclic) bond motifs is 7. The SMILES string of the molecule is N#Cc1nc(-n2c3ccccc3c3ccc(-c4ccc5c(c4)c4ccccc4n5-c4ccccc4)cc32)nc2ccccc12. The zero-order chi connectivity index (χ0) is 29.2. The monoisotopic (exact) mass is 561 g/mol. The first-order valence-corrected chi connectivity index (χ1v) is 14.6. The van der Waals surface area contributed by atoms with E-state index in [2.05, 4.69) is 124 Å². The van der Waals surface area contributed by atoms with Crippen LogP contribution in [0.25, 0.3) is 77.3 Å². The molecule has 3 heterocycles. The summed E-state index contributed by atoms with van der Waals surface area (Å²) in [5, 5.41) is 15.4. The Hall–Kier alpha value is -6.25. The first-order chi connectivity index (χ1) is 21.8. The predicted molar refractivity (Wildman–Crippen MR) is 178 cm³/mol. The molecule has 5 heteroatoms. The topological polar surface area (TPSA) is 59.4 Å². The summed E-state index contributed by atoms with van der Waals surface area (Å²) in [7, 11) is 0. The summed E-state index contributed by atoms with van der Waals surface area (Å²) in [4.78, 5) is 9.69. The second-order valence-corrected chi connectivity index (χ2v) is 11.0. The van der Waals surface area contributed by atoms with E-state index in [1.807, 2.05) is 30.3 Å². The van der Waals surface area contributed by atoms with Gasteiger partial charge in [-0.2, -0.15) is 5.26 Å². The van der Waals surface area contributed by atoms with Crippen molar-refractivity contribution < 1.29 is 0 Å². The van der Waals surface area contributed by atoms with E-state index in [1.54, 1.807) is 0 Å². The Morgan fingerprint density at radius 1 is 0.455 bits per heavy atom. The van der Waals surface area contributed by atoms with Gasteiger partial charge < -0.3 is 4.57 Å². The highest BCUT2D eigenvalue weighted by molar-refractivity contribution is 6.12. The van der Waals surface area contributed by atoms with E-state index in [0.29, 0.717) is 11.6 Å². The molecule has 0 atom stereocenters. The smallest absolute Gasteiger partial charge is 0.236 e. The van der Waals surface area contributed by atoms with Gasteiger partial charge in [0.2, 0.25) is 5.95 Å². The van der Waals surface area contributed by atoms with E-state index in [-0.39, 0.29) is 0 Å². The van der Waals surface area contributed by atoms with Crippen molar-refractivity contribution in [3.05, 3.63) is 145 Å². The van der Waals surface area contributed by atoms with E-state index in [1.165, 1.54) is 21.8 Å². The van der Waals surface area contributed by atoms with Crippen LogP contribution in [0.5, 0.6) is 0 Å². The molecule has 44 heavy (non-hydrogen) atoms. The van der Waals surface area contributed by atoms with Crippen LogP contribution >= 0.6 is 0 Å². The molecule has 0 spiro atoms. The average Bonchev–Trinajstić information content (AvgIpc) is 3.60. The maximum Gasteiger partial charge on any atom is 0.236 e. The summed E-state index contributed by atoms with van der Waals surface area (Å²) in [6.07, 6.45) is 0. The highest BCUT2D eigenvalue weighted by atomic mass is 15.2. The fraction of sp³-hybridized carbons (Fsp3) is 0. The van der Waals surface area contributed by atoms with Crippen molar-refractivity contribution in [2.24, 2.45) is 0 Å². The third kappa shape index (κ3) is 3.52. The number of hydrogen-bond donors (Lipinski definition) is 0. The zero-order valence-electron chi connectivity index (χ0n) is 23.5. The standard InChI is InChI=1S/C39H23N5/c40-24-34-31-14-4-7-15-33(31)41-39(42-34)44-36-17-9-5-12-28(36)30-20-18-26(23-38(30)44)25-19-21-37-32(22-25)29-13-6-8-16-35(29)43(37)27-10-2-1-3-11-27/h1-23H. The van der Waals surface area contributed by atoms with Gasteiger partial charge in [-0.15, -0.1) is 0 Å². The molecule has 204 valence electrons. The van der Waals surface area contributed by atoms with Crippen molar-refractivity contribution in [3.63, 3.8) is 0 Å². The van der Waals surface area contributed by atoms with Gasteiger partial charge in [-0.3, -0.25) is 4.57 Å². The third-order valence-corrected chi connectivity index (χ3v) is 8.59. The number of benzene rings is 6. The van der Waals surface area contributed by atoms with Crippen molar-refractivity contribution in [3.8, 4) is 28.8 Å². The van der Waals surface area contributed by atoms with Crippen LogP contribution in [0, 0.1) is 11.3 Å². The number of nitrogens with zero attached hydrogens (tertiary/aromatic N) is 5. The molecule has 0 saturated carbocycles. The molecule has 0 amide bonds. The molecule has 0 aliphatic rings. The Morgan fingerprint density at radius 2 is 1.05 bits per heavy atom. The van der Waals surface area contributed by atoms with Crippen molar-refractivity contribution in [2.75, 3.05) is 0 Å². The summed E-state index contributed by atoms with van der Waals surface area (Å²) in [5.74, 6) is 0.491. The van der Waals surface area contributed by atoms with Gasteiger partial charge in [-0.1, -0.05) is 84.9 Å². The molecule has 0 aliphatic carbocycles. The molecule has 0 radical (unpaired) electrons. The molecule has 0 unspecified atom stereocenters. The lowest BCUT2D eigenvalue weighted by Crippen LogP contribution is -2.03. The van der Waals surface area contributed by atoms with Crippen molar-refractivity contribution in [2.45, 2.75) is 0 Å². The number of rotatable bonds is 3. The third-order valence-electron chi connectivity index (χ3n) is 8.59. The van der Waals surface area contributed by atoms with Crippen LogP contribution < -0.4 is 0 Å². The van der Waals surface area contributed by atoms with Gasteiger partial charge in [-0.25, -0.2) is 9.97 Å². The van der Waals surface area contributed by atoms with Gasteiger partial charge in [0.15, 0.2) is 5.69 Å². The minimum atomic E-state index is 0.368. The van der Waals surface area contributed by atoms with Crippen molar-refractivity contribution in [1.29, 1.82) is 5.26 Å². The van der Waals surface area contributed by atoms with Crippen molar-refractivity contribution >= 4 is 54.5 Å². The minimum absolute atomic E-state index is 0.368. The van der Waals surface area contributed by atoms with E-state index >= 15 is 0 Å². The van der Waals surface area contributed by atoms with Gasteiger partial charge in [0.1, 0.15) is 6.07 Å². The number of para-hydroxylation sites is 4. The first kappa shape index (κ1) is 24.4. The maximum atomic E-state index is 9.96. The number of hydrogen-bond acceptors (Lipinski definition) is 3. The Bertz CT molecular complexity index is 2620. The molecule has 3 aromatic heterocycles. The molecular weight excluding hydrogens is 538 g/mol. The lowest BCUT2D eigenvalue weighted by Gasteiger charge is -2.10. The van der Waals surface area contributed by atoms with Crippen LogP contribution in [0.4, 0.5) is 0 Å². The van der Waals surface area contributed by atoms with Gasteiger partial charge in [-0.05, 0) is 65.7 Å². The van der Waals surface area contributed by atoms with Gasteiger partial charge in [0, 0.05) is 32.6 Å². The molecule has 0 fully saturated rings. The van der Waals surface area contributed by atoms with Crippen LogP contribution in [0.1, 0.15) is 5.69 Å². The van der Waals surface area contributed by atoms with Gasteiger partial charge in [0.05, 0.1) is 27.6 Å². The number of nitriles is 1. The molecule has 5 nitrogen and oxygen atoms in total. The second-order valence-electron chi connectivity index (χ2n) is 11.0. The molecule has 9 aromatic rings. The normalized spacial score (nSPS) is 11.6. The van der Waals surface area contributed by atoms with Gasteiger partial charge >= 0.3 is 0 Å². The predicted octanol–water partition coefficient (Wildman–Crippen LogP) is 9.36. The fourth-order valence-electron chi connectivity index (χ4n) is 6.62. The molecule has 0 aliphatic heterocycles. The molecule has 0 bridgehead atoms. The molecular formula is C39H23N5. The van der Waals surface area contributed by atoms with Crippen LogP contribution in [0.2, 0.25) is 0 Å². The van der Waals surface area contributed by atoms with E-state index in [9.17, 15) is 5.26 Å². The largest absolute Gasteiger partial charge is 0.309 e. The summed E-state index contributed by atoms with van der Waals surface area (Å²) in [6, 6.07) is 50.7. The quantitative estimate of drug-likeness (QED) is 0.216. The maximum absolute atomic E-state index is 9.96. The highest BCUT2D eigenvalue weighted by Gasteiger charge is 2.18.